The van der Waals surface area contributed by atoms with E-state index in [9.17, 15) is 14.4 Å². The van der Waals surface area contributed by atoms with Crippen molar-refractivity contribution in [2.45, 2.75) is 32.6 Å². The van der Waals surface area contributed by atoms with Gasteiger partial charge in [0.05, 0.1) is 5.69 Å². The zero-order valence-corrected chi connectivity index (χ0v) is 17.6. The molecule has 1 aromatic heterocycles. The maximum absolute atomic E-state index is 12.9. The van der Waals surface area contributed by atoms with Crippen LogP contribution in [0.5, 0.6) is 0 Å². The van der Waals surface area contributed by atoms with Gasteiger partial charge in [-0.05, 0) is 50.1 Å². The van der Waals surface area contributed by atoms with Crippen LogP contribution in [0.15, 0.2) is 53.3 Å². The van der Waals surface area contributed by atoms with E-state index in [4.69, 9.17) is 0 Å². The van der Waals surface area contributed by atoms with Crippen molar-refractivity contribution in [1.29, 1.82) is 0 Å². The van der Waals surface area contributed by atoms with Crippen LogP contribution in [0.25, 0.3) is 5.69 Å². The second-order valence-electron chi connectivity index (χ2n) is 7.89. The second kappa shape index (κ2) is 8.59. The van der Waals surface area contributed by atoms with Gasteiger partial charge < -0.3 is 10.2 Å². The van der Waals surface area contributed by atoms with E-state index >= 15 is 0 Å². The number of benzene rings is 2. The Morgan fingerprint density at radius 1 is 1.10 bits per heavy atom. The molecule has 31 heavy (non-hydrogen) atoms. The maximum atomic E-state index is 12.9. The van der Waals surface area contributed by atoms with Gasteiger partial charge in [-0.15, -0.1) is 0 Å². The molecule has 8 heteroatoms. The minimum absolute atomic E-state index is 0.0661. The summed E-state index contributed by atoms with van der Waals surface area (Å²) in [4.78, 5) is 38.4. The number of amides is 2. The first-order valence-corrected chi connectivity index (χ1v) is 10.3. The Kier molecular flexibility index (Phi) is 5.70. The third kappa shape index (κ3) is 4.42. The lowest BCUT2D eigenvalue weighted by atomic mass is 9.95. The zero-order chi connectivity index (χ0) is 22.0. The van der Waals surface area contributed by atoms with Crippen LogP contribution < -0.4 is 11.0 Å². The van der Waals surface area contributed by atoms with Crippen molar-refractivity contribution in [1.82, 2.24) is 19.7 Å². The highest BCUT2D eigenvalue weighted by atomic mass is 16.2. The summed E-state index contributed by atoms with van der Waals surface area (Å²) in [6.45, 7) is 4.58. The summed E-state index contributed by atoms with van der Waals surface area (Å²) in [6, 6.07) is 14.7. The van der Waals surface area contributed by atoms with Crippen molar-refractivity contribution in [3.63, 3.8) is 0 Å². The summed E-state index contributed by atoms with van der Waals surface area (Å²) in [7, 11) is 0. The maximum Gasteiger partial charge on any atom is 0.347 e. The van der Waals surface area contributed by atoms with Crippen molar-refractivity contribution in [2.24, 2.45) is 0 Å². The number of aryl methyl sites for hydroxylation is 1. The molecule has 1 aliphatic heterocycles. The van der Waals surface area contributed by atoms with Crippen LogP contribution in [-0.4, -0.2) is 44.6 Å². The first kappa shape index (κ1) is 20.6. The number of anilines is 1. The number of H-pyrrole nitrogens is 1. The highest BCUT2D eigenvalue weighted by Crippen LogP contribution is 2.28. The van der Waals surface area contributed by atoms with Crippen molar-refractivity contribution in [3.8, 4) is 5.69 Å². The van der Waals surface area contributed by atoms with Crippen molar-refractivity contribution in [3.05, 3.63) is 76.0 Å². The number of likely N-dealkylation sites (tertiary alicyclic amines) is 1. The van der Waals surface area contributed by atoms with Gasteiger partial charge in [0.15, 0.2) is 0 Å². The first-order valence-electron chi connectivity index (χ1n) is 10.3. The molecule has 4 rings (SSSR count). The molecule has 1 aliphatic rings. The van der Waals surface area contributed by atoms with Crippen LogP contribution in [0.3, 0.4) is 0 Å². The molecule has 8 nitrogen and oxygen atoms in total. The van der Waals surface area contributed by atoms with Gasteiger partial charge >= 0.3 is 5.69 Å². The molecule has 160 valence electrons. The van der Waals surface area contributed by atoms with Crippen molar-refractivity contribution in [2.75, 3.05) is 18.4 Å². The van der Waals surface area contributed by atoms with Crippen molar-refractivity contribution < 1.29 is 9.59 Å². The van der Waals surface area contributed by atoms with Gasteiger partial charge in [0.2, 0.25) is 5.91 Å². The molecule has 0 aliphatic carbocycles. The van der Waals surface area contributed by atoms with Crippen LogP contribution in [0.1, 0.15) is 47.4 Å². The fourth-order valence-electron chi connectivity index (χ4n) is 3.98. The Morgan fingerprint density at radius 3 is 2.48 bits per heavy atom. The third-order valence-electron chi connectivity index (χ3n) is 5.57. The number of carbonyl (C=O) groups excluding carboxylic acids is 2. The topological polar surface area (TPSA) is 100 Å². The van der Waals surface area contributed by atoms with Gasteiger partial charge in [0, 0.05) is 37.2 Å². The number of aromatic nitrogens is 3. The molecule has 0 spiro atoms. The Hall–Kier alpha value is -3.68. The van der Waals surface area contributed by atoms with Crippen LogP contribution in [0, 0.1) is 6.92 Å². The summed E-state index contributed by atoms with van der Waals surface area (Å²) in [5, 5.41) is 9.56. The molecule has 1 fully saturated rings. The van der Waals surface area contributed by atoms with Gasteiger partial charge in [-0.2, -0.15) is 5.10 Å². The van der Waals surface area contributed by atoms with E-state index in [1.165, 1.54) is 6.92 Å². The van der Waals surface area contributed by atoms with Crippen molar-refractivity contribution >= 4 is 17.5 Å². The van der Waals surface area contributed by atoms with Crippen LogP contribution in [0.4, 0.5) is 5.69 Å². The second-order valence-corrected chi connectivity index (χ2v) is 7.89. The van der Waals surface area contributed by atoms with Crippen LogP contribution >= 0.6 is 0 Å². The van der Waals surface area contributed by atoms with Gasteiger partial charge in [0.1, 0.15) is 5.82 Å². The molecule has 1 saturated heterocycles. The largest absolute Gasteiger partial charge is 0.347 e. The molecule has 2 N–H and O–H groups in total. The van der Waals surface area contributed by atoms with Crippen LogP contribution in [-0.2, 0) is 4.79 Å². The lowest BCUT2D eigenvalue weighted by Crippen LogP contribution is -2.38. The van der Waals surface area contributed by atoms with E-state index in [1.807, 2.05) is 36.1 Å². The minimum atomic E-state index is -0.257. The smallest absolute Gasteiger partial charge is 0.339 e. The van der Waals surface area contributed by atoms with E-state index in [-0.39, 0.29) is 23.4 Å². The lowest BCUT2D eigenvalue weighted by molar-refractivity contribution is -0.114. The molecule has 3 aromatic rings. The molecule has 0 bridgehead atoms. The predicted octanol–water partition coefficient (Wildman–Crippen LogP) is 2.85. The summed E-state index contributed by atoms with van der Waals surface area (Å²) >= 11 is 0. The summed E-state index contributed by atoms with van der Waals surface area (Å²) < 4.78 is 1.62. The number of aromatic amines is 1. The molecule has 2 aromatic carbocycles. The van der Waals surface area contributed by atoms with Gasteiger partial charge in [0.25, 0.3) is 5.91 Å². The Morgan fingerprint density at radius 2 is 1.81 bits per heavy atom. The van der Waals surface area contributed by atoms with E-state index in [1.54, 1.807) is 28.8 Å². The zero-order valence-electron chi connectivity index (χ0n) is 17.6. The van der Waals surface area contributed by atoms with Crippen LogP contribution in [0.2, 0.25) is 0 Å². The summed E-state index contributed by atoms with van der Waals surface area (Å²) in [5.41, 5.74) is 2.80. The molecular weight excluding hydrogens is 394 g/mol. The lowest BCUT2D eigenvalue weighted by Gasteiger charge is -2.31. The molecule has 0 atom stereocenters. The average molecular weight is 419 g/mol. The average Bonchev–Trinajstić information content (AvgIpc) is 3.15. The fourth-order valence-corrected chi connectivity index (χ4v) is 3.98. The number of hydrogen-bond acceptors (Lipinski definition) is 4. The van der Waals surface area contributed by atoms with E-state index in [0.29, 0.717) is 43.0 Å². The predicted molar refractivity (Wildman–Crippen MR) is 118 cm³/mol. The summed E-state index contributed by atoms with van der Waals surface area (Å²) in [5.74, 6) is 0.538. The number of nitrogens with one attached hydrogen (secondary N) is 2. The Labute approximate surface area is 179 Å². The number of rotatable bonds is 4. The molecule has 0 unspecified atom stereocenters. The third-order valence-corrected chi connectivity index (χ3v) is 5.57. The van der Waals surface area contributed by atoms with E-state index in [2.05, 4.69) is 15.5 Å². The van der Waals surface area contributed by atoms with E-state index < -0.39 is 0 Å². The molecular formula is C23H25N5O3. The Bertz CT molecular complexity index is 1150. The number of nitrogens with zero attached hydrogens (tertiary/aromatic N) is 3. The number of piperidine rings is 1. The normalized spacial score (nSPS) is 14.5. The SMILES string of the molecule is CC(=O)Nc1cccc(C(=O)N2CCC(c3n[nH]c(=O)n3-c3ccc(C)cc3)CC2)c1. The quantitative estimate of drug-likeness (QED) is 0.679. The minimum Gasteiger partial charge on any atom is -0.339 e. The highest BCUT2D eigenvalue weighted by Gasteiger charge is 2.28. The monoisotopic (exact) mass is 419 g/mol. The molecule has 2 amide bonds. The fraction of sp³-hybridized carbons (Fsp3) is 0.304. The molecule has 0 radical (unpaired) electrons. The van der Waals surface area contributed by atoms with E-state index in [0.717, 1.165) is 11.3 Å². The Balaban J connectivity index is 1.47. The van der Waals surface area contributed by atoms with Gasteiger partial charge in [-0.25, -0.2) is 14.5 Å². The number of carbonyl (C=O) groups is 2. The standard InChI is InChI=1S/C23H25N5O3/c1-15-6-8-20(9-7-15)28-21(25-26-23(28)31)17-10-12-27(13-11-17)22(30)18-4-3-5-19(14-18)24-16(2)29/h3-9,14,17H,10-13H2,1-2H3,(H,24,29)(H,26,31). The first-order chi connectivity index (χ1) is 14.9. The molecule has 0 saturated carbocycles. The number of hydrogen-bond donors (Lipinski definition) is 2. The molecule has 2 heterocycles. The summed E-state index contributed by atoms with van der Waals surface area (Å²) in [6.07, 6.45) is 1.43. The van der Waals surface area contributed by atoms with Gasteiger partial charge in [-0.3, -0.25) is 9.59 Å². The van der Waals surface area contributed by atoms with Gasteiger partial charge in [-0.1, -0.05) is 23.8 Å². The highest BCUT2D eigenvalue weighted by molar-refractivity contribution is 5.96.